The third-order valence-electron chi connectivity index (χ3n) is 3.26. The SMILES string of the molecule is NNC(=O)C(F)(F)c1cn2cc(C3CC3)ccc2n1. The van der Waals surface area contributed by atoms with Crippen molar-refractivity contribution in [2.24, 2.45) is 5.84 Å². The third-order valence-corrected chi connectivity index (χ3v) is 3.26. The van der Waals surface area contributed by atoms with Gasteiger partial charge in [0.05, 0.1) is 0 Å². The Morgan fingerprint density at radius 1 is 1.42 bits per heavy atom. The number of fused-ring (bicyclic) bond motifs is 1. The van der Waals surface area contributed by atoms with Gasteiger partial charge in [-0.1, -0.05) is 6.07 Å². The van der Waals surface area contributed by atoms with Crippen LogP contribution >= 0.6 is 0 Å². The molecule has 1 saturated carbocycles. The van der Waals surface area contributed by atoms with Crippen molar-refractivity contribution in [2.45, 2.75) is 24.7 Å². The van der Waals surface area contributed by atoms with E-state index >= 15 is 0 Å². The Morgan fingerprint density at radius 3 is 2.79 bits per heavy atom. The van der Waals surface area contributed by atoms with Crippen LogP contribution in [0.2, 0.25) is 0 Å². The van der Waals surface area contributed by atoms with Crippen LogP contribution in [0.25, 0.3) is 5.65 Å². The number of alkyl halides is 2. The van der Waals surface area contributed by atoms with Crippen molar-refractivity contribution in [2.75, 3.05) is 0 Å². The second-order valence-electron chi connectivity index (χ2n) is 4.68. The third kappa shape index (κ3) is 1.95. The Kier molecular flexibility index (Phi) is 2.53. The standard InChI is InChI=1S/C12H12F2N4O/c13-12(14,11(19)17-15)9-6-18-5-8(7-1-2-7)3-4-10(18)16-9/h3-7H,1-2,15H2,(H,17,19). The fourth-order valence-electron chi connectivity index (χ4n) is 2.03. The van der Waals surface area contributed by atoms with E-state index in [0.717, 1.165) is 24.6 Å². The number of carbonyl (C=O) groups is 1. The molecule has 100 valence electrons. The highest BCUT2D eigenvalue weighted by molar-refractivity contribution is 5.83. The van der Waals surface area contributed by atoms with E-state index in [2.05, 4.69) is 4.98 Å². The molecule has 0 radical (unpaired) electrons. The largest absolute Gasteiger partial charge is 0.368 e. The van der Waals surface area contributed by atoms with E-state index in [1.54, 1.807) is 12.3 Å². The van der Waals surface area contributed by atoms with Crippen molar-refractivity contribution in [3.8, 4) is 0 Å². The van der Waals surface area contributed by atoms with Gasteiger partial charge < -0.3 is 4.40 Å². The van der Waals surface area contributed by atoms with Crippen molar-refractivity contribution in [1.82, 2.24) is 14.8 Å². The topological polar surface area (TPSA) is 72.4 Å². The van der Waals surface area contributed by atoms with Gasteiger partial charge in [0.25, 0.3) is 0 Å². The molecule has 2 heterocycles. The minimum absolute atomic E-state index is 0.379. The molecule has 1 aliphatic carbocycles. The molecule has 1 fully saturated rings. The second-order valence-corrected chi connectivity index (χ2v) is 4.68. The van der Waals surface area contributed by atoms with E-state index in [1.165, 1.54) is 9.83 Å². The lowest BCUT2D eigenvalue weighted by atomic mass is 10.2. The number of carbonyl (C=O) groups excluding carboxylic acids is 1. The van der Waals surface area contributed by atoms with Crippen molar-refractivity contribution in [3.63, 3.8) is 0 Å². The van der Waals surface area contributed by atoms with Crippen molar-refractivity contribution in [3.05, 3.63) is 35.8 Å². The molecule has 1 aliphatic rings. The summed E-state index contributed by atoms with van der Waals surface area (Å²) in [5.74, 6) is -0.0421. The lowest BCUT2D eigenvalue weighted by molar-refractivity contribution is -0.147. The fraction of sp³-hybridized carbons (Fsp3) is 0.333. The van der Waals surface area contributed by atoms with Crippen LogP contribution in [0.3, 0.4) is 0 Å². The molecule has 0 atom stereocenters. The Hall–Kier alpha value is -2.02. The quantitative estimate of drug-likeness (QED) is 0.499. The van der Waals surface area contributed by atoms with Crippen molar-refractivity contribution in [1.29, 1.82) is 0 Å². The maximum Gasteiger partial charge on any atom is 0.368 e. The van der Waals surface area contributed by atoms with Crippen LogP contribution in [0, 0.1) is 0 Å². The number of hydrogen-bond acceptors (Lipinski definition) is 3. The van der Waals surface area contributed by atoms with E-state index in [4.69, 9.17) is 5.84 Å². The Bertz CT molecular complexity index is 648. The molecule has 2 aromatic rings. The molecule has 0 spiro atoms. The normalized spacial score (nSPS) is 15.7. The number of imidazole rings is 1. The first kappa shape index (κ1) is 12.0. The van der Waals surface area contributed by atoms with Gasteiger partial charge in [-0.2, -0.15) is 8.78 Å². The highest BCUT2D eigenvalue weighted by Crippen LogP contribution is 2.40. The zero-order valence-electron chi connectivity index (χ0n) is 9.94. The number of nitrogens with one attached hydrogen (secondary N) is 1. The molecule has 0 aliphatic heterocycles. The molecule has 7 heteroatoms. The average Bonchev–Trinajstić information content (AvgIpc) is 3.15. The van der Waals surface area contributed by atoms with E-state index in [1.807, 2.05) is 6.07 Å². The maximum absolute atomic E-state index is 13.7. The number of amides is 1. The van der Waals surface area contributed by atoms with Gasteiger partial charge in [0.2, 0.25) is 0 Å². The smallest absolute Gasteiger partial charge is 0.306 e. The number of rotatable bonds is 3. The summed E-state index contributed by atoms with van der Waals surface area (Å²) in [7, 11) is 0. The van der Waals surface area contributed by atoms with Gasteiger partial charge in [-0.15, -0.1) is 0 Å². The highest BCUT2D eigenvalue weighted by Gasteiger charge is 2.43. The predicted octanol–water partition coefficient (Wildman–Crippen LogP) is 1.29. The fourth-order valence-corrected chi connectivity index (χ4v) is 2.03. The second kappa shape index (κ2) is 3.99. The first-order chi connectivity index (χ1) is 9.02. The van der Waals surface area contributed by atoms with Crippen LogP contribution in [0.5, 0.6) is 0 Å². The first-order valence-electron chi connectivity index (χ1n) is 5.90. The number of hydrazine groups is 1. The lowest BCUT2D eigenvalue weighted by Crippen LogP contribution is -2.42. The van der Waals surface area contributed by atoms with E-state index in [9.17, 15) is 13.6 Å². The summed E-state index contributed by atoms with van der Waals surface area (Å²) >= 11 is 0. The molecule has 0 saturated heterocycles. The summed E-state index contributed by atoms with van der Waals surface area (Å²) in [6.07, 6.45) is 5.19. The lowest BCUT2D eigenvalue weighted by Gasteiger charge is -2.10. The summed E-state index contributed by atoms with van der Waals surface area (Å²) in [6, 6.07) is 3.55. The minimum Gasteiger partial charge on any atom is -0.306 e. The van der Waals surface area contributed by atoms with Crippen molar-refractivity contribution < 1.29 is 13.6 Å². The summed E-state index contributed by atoms with van der Waals surface area (Å²) in [5.41, 5.74) is 2.32. The summed E-state index contributed by atoms with van der Waals surface area (Å²) < 4.78 is 28.9. The minimum atomic E-state index is -3.74. The molecule has 0 aromatic carbocycles. The van der Waals surface area contributed by atoms with Crippen molar-refractivity contribution >= 4 is 11.6 Å². The van der Waals surface area contributed by atoms with E-state index in [0.29, 0.717) is 11.6 Å². The van der Waals surface area contributed by atoms with Gasteiger partial charge in [-0.3, -0.25) is 10.2 Å². The predicted molar refractivity (Wildman–Crippen MR) is 63.4 cm³/mol. The van der Waals surface area contributed by atoms with Gasteiger partial charge in [0.15, 0.2) is 0 Å². The number of nitrogens with two attached hydrogens (primary N) is 1. The monoisotopic (exact) mass is 266 g/mol. The molecule has 19 heavy (non-hydrogen) atoms. The first-order valence-corrected chi connectivity index (χ1v) is 5.90. The van der Waals surface area contributed by atoms with Crippen LogP contribution in [0.4, 0.5) is 8.78 Å². The molecule has 5 nitrogen and oxygen atoms in total. The average molecular weight is 266 g/mol. The molecular weight excluding hydrogens is 254 g/mol. The molecule has 1 amide bonds. The number of halogens is 2. The van der Waals surface area contributed by atoms with E-state index < -0.39 is 17.5 Å². The molecule has 0 bridgehead atoms. The maximum atomic E-state index is 13.7. The molecule has 2 aromatic heterocycles. The van der Waals surface area contributed by atoms with Gasteiger partial charge in [-0.05, 0) is 30.4 Å². The van der Waals surface area contributed by atoms with E-state index in [-0.39, 0.29) is 0 Å². The van der Waals surface area contributed by atoms with Gasteiger partial charge >= 0.3 is 11.8 Å². The summed E-state index contributed by atoms with van der Waals surface area (Å²) in [5, 5.41) is 0. The number of pyridine rings is 1. The van der Waals surface area contributed by atoms with Crippen LogP contribution < -0.4 is 11.3 Å². The Labute approximate surface area is 107 Å². The van der Waals surface area contributed by atoms with Crippen LogP contribution in [-0.2, 0) is 10.7 Å². The number of nitrogens with zero attached hydrogens (tertiary/aromatic N) is 2. The number of aromatic nitrogens is 2. The van der Waals surface area contributed by atoms with Crippen LogP contribution in [0.1, 0.15) is 30.0 Å². The summed E-state index contributed by atoms with van der Waals surface area (Å²) in [4.78, 5) is 14.8. The molecular formula is C12H12F2N4O. The molecule has 3 rings (SSSR count). The van der Waals surface area contributed by atoms with Crippen LogP contribution in [0.15, 0.2) is 24.5 Å². The van der Waals surface area contributed by atoms with Crippen LogP contribution in [-0.4, -0.2) is 15.3 Å². The highest BCUT2D eigenvalue weighted by atomic mass is 19.3. The molecule has 0 unspecified atom stereocenters. The van der Waals surface area contributed by atoms with Gasteiger partial charge in [0, 0.05) is 12.4 Å². The Balaban J connectivity index is 2.03. The zero-order chi connectivity index (χ0) is 13.6. The summed E-state index contributed by atoms with van der Waals surface area (Å²) in [6.45, 7) is 0. The molecule has 3 N–H and O–H groups in total. The zero-order valence-corrected chi connectivity index (χ0v) is 9.94. The number of hydrogen-bond donors (Lipinski definition) is 2. The van der Waals surface area contributed by atoms with Gasteiger partial charge in [-0.25, -0.2) is 10.8 Å². The van der Waals surface area contributed by atoms with Gasteiger partial charge in [0.1, 0.15) is 11.3 Å². The Morgan fingerprint density at radius 2 is 2.16 bits per heavy atom.